The third kappa shape index (κ3) is 3.22. The van der Waals surface area contributed by atoms with Crippen molar-refractivity contribution in [1.29, 1.82) is 0 Å². The van der Waals surface area contributed by atoms with E-state index in [0.29, 0.717) is 17.5 Å². The Bertz CT molecular complexity index is 567. The molecule has 2 aromatic heterocycles. The molecule has 1 saturated carbocycles. The Morgan fingerprint density at radius 2 is 2.25 bits per heavy atom. The van der Waals surface area contributed by atoms with Crippen molar-refractivity contribution in [1.82, 2.24) is 4.98 Å². The van der Waals surface area contributed by atoms with Crippen LogP contribution in [-0.4, -0.2) is 18.6 Å². The maximum Gasteiger partial charge on any atom is 0.239 e. The van der Waals surface area contributed by atoms with Crippen LogP contribution in [0.5, 0.6) is 5.88 Å². The average molecular weight is 289 g/mol. The Morgan fingerprint density at radius 1 is 1.40 bits per heavy atom. The number of thiophene rings is 1. The SMILES string of the molecule is CN(Cc1ccsc1)c1ccc(N)c(OCC2CC2)n1. The second kappa shape index (κ2) is 5.71. The fourth-order valence-electron chi connectivity index (χ4n) is 1.99. The van der Waals surface area contributed by atoms with Gasteiger partial charge in [0.25, 0.3) is 0 Å². The van der Waals surface area contributed by atoms with Gasteiger partial charge in [0, 0.05) is 13.6 Å². The van der Waals surface area contributed by atoms with Crippen LogP contribution >= 0.6 is 11.3 Å². The van der Waals surface area contributed by atoms with E-state index in [4.69, 9.17) is 10.5 Å². The van der Waals surface area contributed by atoms with Crippen LogP contribution in [-0.2, 0) is 6.54 Å². The molecule has 0 radical (unpaired) electrons. The molecule has 0 bridgehead atoms. The molecule has 3 rings (SSSR count). The zero-order valence-electron chi connectivity index (χ0n) is 11.6. The Balaban J connectivity index is 1.69. The van der Waals surface area contributed by atoms with Gasteiger partial charge in [-0.1, -0.05) is 0 Å². The van der Waals surface area contributed by atoms with E-state index in [1.807, 2.05) is 19.2 Å². The summed E-state index contributed by atoms with van der Waals surface area (Å²) in [6.45, 7) is 1.57. The van der Waals surface area contributed by atoms with Crippen molar-refractivity contribution in [3.8, 4) is 5.88 Å². The maximum atomic E-state index is 5.93. The van der Waals surface area contributed by atoms with Gasteiger partial charge in [0.15, 0.2) is 0 Å². The fraction of sp³-hybridized carbons (Fsp3) is 0.400. The van der Waals surface area contributed by atoms with Gasteiger partial charge in [-0.15, -0.1) is 0 Å². The minimum atomic E-state index is 0.562. The quantitative estimate of drug-likeness (QED) is 0.887. The molecule has 1 fully saturated rings. The summed E-state index contributed by atoms with van der Waals surface area (Å²) in [5, 5.41) is 4.24. The molecule has 20 heavy (non-hydrogen) atoms. The van der Waals surface area contributed by atoms with Gasteiger partial charge in [0.05, 0.1) is 12.3 Å². The molecule has 2 heterocycles. The van der Waals surface area contributed by atoms with E-state index in [1.165, 1.54) is 18.4 Å². The monoisotopic (exact) mass is 289 g/mol. The zero-order chi connectivity index (χ0) is 13.9. The number of pyridine rings is 1. The lowest BCUT2D eigenvalue weighted by Gasteiger charge is -2.19. The van der Waals surface area contributed by atoms with Crippen molar-refractivity contribution >= 4 is 22.8 Å². The van der Waals surface area contributed by atoms with Crippen molar-refractivity contribution in [2.45, 2.75) is 19.4 Å². The van der Waals surface area contributed by atoms with Crippen molar-refractivity contribution in [2.24, 2.45) is 5.92 Å². The Hall–Kier alpha value is -1.75. The Kier molecular flexibility index (Phi) is 3.78. The molecule has 0 spiro atoms. The average Bonchev–Trinajstić information content (AvgIpc) is 3.14. The van der Waals surface area contributed by atoms with E-state index in [9.17, 15) is 0 Å². The summed E-state index contributed by atoms with van der Waals surface area (Å²) in [7, 11) is 2.03. The second-order valence-electron chi connectivity index (χ2n) is 5.31. The normalized spacial score (nSPS) is 14.2. The molecular weight excluding hydrogens is 270 g/mol. The summed E-state index contributed by atoms with van der Waals surface area (Å²) >= 11 is 1.71. The fourth-order valence-corrected chi connectivity index (χ4v) is 2.65. The Morgan fingerprint density at radius 3 is 2.95 bits per heavy atom. The van der Waals surface area contributed by atoms with Gasteiger partial charge >= 0.3 is 0 Å². The molecule has 0 aliphatic heterocycles. The van der Waals surface area contributed by atoms with Crippen LogP contribution < -0.4 is 15.4 Å². The highest BCUT2D eigenvalue weighted by Gasteiger charge is 2.22. The van der Waals surface area contributed by atoms with Crippen LogP contribution in [0.4, 0.5) is 11.5 Å². The summed E-state index contributed by atoms with van der Waals surface area (Å²) in [6, 6.07) is 5.93. The van der Waals surface area contributed by atoms with Crippen molar-refractivity contribution in [3.63, 3.8) is 0 Å². The summed E-state index contributed by atoms with van der Waals surface area (Å²) in [6.07, 6.45) is 2.52. The minimum Gasteiger partial charge on any atom is -0.476 e. The summed E-state index contributed by atoms with van der Waals surface area (Å²) in [5.41, 5.74) is 7.83. The van der Waals surface area contributed by atoms with Gasteiger partial charge in [0.2, 0.25) is 5.88 Å². The van der Waals surface area contributed by atoms with E-state index >= 15 is 0 Å². The standard InChI is InChI=1S/C15H19N3OS/c1-18(8-12-6-7-20-10-12)14-5-4-13(16)15(17-14)19-9-11-2-3-11/h4-7,10-11H,2-3,8-9,16H2,1H3. The number of anilines is 2. The maximum absolute atomic E-state index is 5.93. The van der Waals surface area contributed by atoms with Gasteiger partial charge in [-0.25, -0.2) is 0 Å². The number of hydrogen-bond donors (Lipinski definition) is 1. The zero-order valence-corrected chi connectivity index (χ0v) is 12.4. The first-order valence-corrected chi connectivity index (χ1v) is 7.78. The van der Waals surface area contributed by atoms with Gasteiger partial charge < -0.3 is 15.4 Å². The number of nitrogens with two attached hydrogens (primary N) is 1. The smallest absolute Gasteiger partial charge is 0.239 e. The Labute approximate surface area is 123 Å². The minimum absolute atomic E-state index is 0.562. The van der Waals surface area contributed by atoms with Gasteiger partial charge in [-0.3, -0.25) is 0 Å². The largest absolute Gasteiger partial charge is 0.476 e. The van der Waals surface area contributed by atoms with Crippen molar-refractivity contribution < 1.29 is 4.74 Å². The molecule has 1 aliphatic carbocycles. The second-order valence-corrected chi connectivity index (χ2v) is 6.09. The van der Waals surface area contributed by atoms with Crippen LogP contribution in [0.3, 0.4) is 0 Å². The number of ether oxygens (including phenoxy) is 1. The van der Waals surface area contributed by atoms with Crippen molar-refractivity contribution in [2.75, 3.05) is 24.3 Å². The molecule has 5 heteroatoms. The predicted molar refractivity (Wildman–Crippen MR) is 83.3 cm³/mol. The molecule has 0 saturated heterocycles. The highest BCUT2D eigenvalue weighted by Crippen LogP contribution is 2.31. The number of aromatic nitrogens is 1. The molecule has 0 amide bonds. The lowest BCUT2D eigenvalue weighted by Crippen LogP contribution is -2.18. The molecule has 2 aromatic rings. The van der Waals surface area contributed by atoms with Crippen LogP contribution in [0.15, 0.2) is 29.0 Å². The third-order valence-electron chi connectivity index (χ3n) is 3.42. The first-order chi connectivity index (χ1) is 9.72. The number of nitrogen functional groups attached to an aromatic ring is 1. The number of rotatable bonds is 6. The first kappa shape index (κ1) is 13.2. The van der Waals surface area contributed by atoms with Crippen LogP contribution in [0, 0.1) is 5.92 Å². The number of nitrogens with zero attached hydrogens (tertiary/aromatic N) is 2. The van der Waals surface area contributed by atoms with E-state index in [1.54, 1.807) is 11.3 Å². The topological polar surface area (TPSA) is 51.4 Å². The molecule has 1 aliphatic rings. The molecule has 4 nitrogen and oxygen atoms in total. The lowest BCUT2D eigenvalue weighted by atomic mass is 10.3. The first-order valence-electron chi connectivity index (χ1n) is 6.84. The highest BCUT2D eigenvalue weighted by molar-refractivity contribution is 7.07. The van der Waals surface area contributed by atoms with Crippen molar-refractivity contribution in [3.05, 3.63) is 34.5 Å². The number of hydrogen-bond acceptors (Lipinski definition) is 5. The predicted octanol–water partition coefficient (Wildman–Crippen LogP) is 3.15. The highest BCUT2D eigenvalue weighted by atomic mass is 32.1. The molecule has 106 valence electrons. The van der Waals surface area contributed by atoms with Crippen LogP contribution in [0.1, 0.15) is 18.4 Å². The van der Waals surface area contributed by atoms with E-state index in [2.05, 4.69) is 26.7 Å². The lowest BCUT2D eigenvalue weighted by molar-refractivity contribution is 0.290. The molecular formula is C15H19N3OS. The van der Waals surface area contributed by atoms with Crippen LogP contribution in [0.2, 0.25) is 0 Å². The molecule has 2 N–H and O–H groups in total. The van der Waals surface area contributed by atoms with Crippen LogP contribution in [0.25, 0.3) is 0 Å². The van der Waals surface area contributed by atoms with Gasteiger partial charge in [0.1, 0.15) is 5.82 Å². The molecule has 0 atom stereocenters. The third-order valence-corrected chi connectivity index (χ3v) is 4.15. The summed E-state index contributed by atoms with van der Waals surface area (Å²) < 4.78 is 5.73. The summed E-state index contributed by atoms with van der Waals surface area (Å²) in [4.78, 5) is 6.64. The van der Waals surface area contributed by atoms with Gasteiger partial charge in [-0.05, 0) is 53.3 Å². The molecule has 0 aromatic carbocycles. The van der Waals surface area contributed by atoms with E-state index < -0.39 is 0 Å². The van der Waals surface area contributed by atoms with E-state index in [-0.39, 0.29) is 0 Å². The van der Waals surface area contributed by atoms with E-state index in [0.717, 1.165) is 19.0 Å². The molecule has 0 unspecified atom stereocenters. The summed E-state index contributed by atoms with van der Waals surface area (Å²) in [5.74, 6) is 2.14. The van der Waals surface area contributed by atoms with Gasteiger partial charge in [-0.2, -0.15) is 16.3 Å².